The van der Waals surface area contributed by atoms with Gasteiger partial charge in [-0.3, -0.25) is 4.79 Å². The van der Waals surface area contributed by atoms with Gasteiger partial charge < -0.3 is 14.6 Å². The smallest absolute Gasteiger partial charge is 0.289 e. The van der Waals surface area contributed by atoms with E-state index in [4.69, 9.17) is 4.74 Å². The maximum Gasteiger partial charge on any atom is 0.289 e. The highest BCUT2D eigenvalue weighted by molar-refractivity contribution is 7.10. The van der Waals surface area contributed by atoms with Crippen LogP contribution in [0, 0.1) is 0 Å². The summed E-state index contributed by atoms with van der Waals surface area (Å²) in [6.45, 7) is 2.18. The molecule has 1 saturated heterocycles. The Morgan fingerprint density at radius 3 is 2.92 bits per heavy atom. The van der Waals surface area contributed by atoms with Crippen LogP contribution in [0.1, 0.15) is 33.9 Å². The fraction of sp³-hybridized carbons (Fsp3) is 0.368. The number of hydrogen-bond donors (Lipinski definition) is 1. The second kappa shape index (κ2) is 5.68. The molecule has 0 saturated carbocycles. The zero-order chi connectivity index (χ0) is 16.9. The van der Waals surface area contributed by atoms with Crippen molar-refractivity contribution in [2.24, 2.45) is 0 Å². The van der Waals surface area contributed by atoms with Crippen LogP contribution in [-0.2, 0) is 16.8 Å². The third-order valence-electron chi connectivity index (χ3n) is 5.39. The summed E-state index contributed by atoms with van der Waals surface area (Å²) < 4.78 is 6.22. The Morgan fingerprint density at radius 2 is 2.08 bits per heavy atom. The molecule has 1 N–H and O–H groups in total. The van der Waals surface area contributed by atoms with Gasteiger partial charge in [0.05, 0.1) is 23.2 Å². The van der Waals surface area contributed by atoms with Crippen LogP contribution in [0.5, 0.6) is 0 Å². The van der Waals surface area contributed by atoms with Gasteiger partial charge in [-0.25, -0.2) is 4.98 Å². The molecule has 2 aliphatic rings. The number of nitrogens with zero attached hydrogens (tertiary/aromatic N) is 2. The molecule has 3 aromatic rings. The van der Waals surface area contributed by atoms with Gasteiger partial charge in [0.25, 0.3) is 5.91 Å². The number of benzene rings is 1. The fourth-order valence-corrected chi connectivity index (χ4v) is 5.00. The number of piperidine rings is 1. The number of nitrogens with one attached hydrogen (secondary N) is 1. The summed E-state index contributed by atoms with van der Waals surface area (Å²) in [6, 6.07) is 9.94. The van der Waals surface area contributed by atoms with Gasteiger partial charge in [-0.2, -0.15) is 0 Å². The first-order valence-electron chi connectivity index (χ1n) is 8.70. The van der Waals surface area contributed by atoms with E-state index in [0.29, 0.717) is 18.9 Å². The quantitative estimate of drug-likeness (QED) is 0.730. The number of ether oxygens (including phenoxy) is 1. The second-order valence-corrected chi connectivity index (χ2v) is 7.75. The third kappa shape index (κ3) is 2.40. The number of likely N-dealkylation sites (tertiary alicyclic amines) is 1. The lowest BCUT2D eigenvalue weighted by Crippen LogP contribution is -2.48. The predicted molar refractivity (Wildman–Crippen MR) is 96.9 cm³/mol. The van der Waals surface area contributed by atoms with E-state index in [0.717, 1.165) is 36.9 Å². The molecular weight excluding hydrogens is 334 g/mol. The Hall–Kier alpha value is -2.18. The standard InChI is InChI=1S/C19H19N3O2S/c23-18(17-20-14-3-1-2-4-15(14)21-17)22-9-7-19(8-10-22)13-6-12-25-16(13)5-11-24-19/h1-4,6,12H,5,7-11H2,(H,20,21). The molecule has 5 nitrogen and oxygen atoms in total. The summed E-state index contributed by atoms with van der Waals surface area (Å²) in [6.07, 6.45) is 2.71. The number of hydrogen-bond acceptors (Lipinski definition) is 4. The molecule has 2 aromatic heterocycles. The van der Waals surface area contributed by atoms with E-state index in [-0.39, 0.29) is 11.5 Å². The van der Waals surface area contributed by atoms with Gasteiger partial charge in [0.2, 0.25) is 0 Å². The maximum atomic E-state index is 12.8. The van der Waals surface area contributed by atoms with E-state index in [2.05, 4.69) is 21.4 Å². The van der Waals surface area contributed by atoms with E-state index in [1.807, 2.05) is 40.5 Å². The number of amides is 1. The van der Waals surface area contributed by atoms with E-state index >= 15 is 0 Å². The number of fused-ring (bicyclic) bond motifs is 3. The number of aromatic nitrogens is 2. The van der Waals surface area contributed by atoms with Crippen molar-refractivity contribution in [3.05, 3.63) is 52.0 Å². The van der Waals surface area contributed by atoms with E-state index in [1.54, 1.807) is 0 Å². The van der Waals surface area contributed by atoms with Gasteiger partial charge in [-0.15, -0.1) is 11.3 Å². The highest BCUT2D eigenvalue weighted by atomic mass is 32.1. The third-order valence-corrected chi connectivity index (χ3v) is 6.37. The van der Waals surface area contributed by atoms with Crippen molar-refractivity contribution < 1.29 is 9.53 Å². The summed E-state index contributed by atoms with van der Waals surface area (Å²) in [5.41, 5.74) is 2.88. The number of carbonyl (C=O) groups is 1. The molecule has 4 heterocycles. The van der Waals surface area contributed by atoms with Crippen molar-refractivity contribution >= 4 is 28.3 Å². The average molecular weight is 353 g/mol. The first kappa shape index (κ1) is 15.1. The zero-order valence-electron chi connectivity index (χ0n) is 13.8. The van der Waals surface area contributed by atoms with Crippen molar-refractivity contribution in [3.63, 3.8) is 0 Å². The van der Waals surface area contributed by atoms with Crippen LogP contribution in [0.25, 0.3) is 11.0 Å². The van der Waals surface area contributed by atoms with Crippen molar-refractivity contribution in [2.45, 2.75) is 24.9 Å². The Bertz CT molecular complexity index is 904. The monoisotopic (exact) mass is 353 g/mol. The lowest BCUT2D eigenvalue weighted by atomic mass is 9.82. The normalized spacial score (nSPS) is 19.3. The van der Waals surface area contributed by atoms with Crippen molar-refractivity contribution in [1.82, 2.24) is 14.9 Å². The van der Waals surface area contributed by atoms with E-state index in [1.165, 1.54) is 10.4 Å². The van der Waals surface area contributed by atoms with E-state index < -0.39 is 0 Å². The first-order valence-corrected chi connectivity index (χ1v) is 9.58. The van der Waals surface area contributed by atoms with Crippen LogP contribution < -0.4 is 0 Å². The zero-order valence-corrected chi connectivity index (χ0v) is 14.6. The number of carbonyl (C=O) groups excluding carboxylic acids is 1. The number of H-pyrrole nitrogens is 1. The SMILES string of the molecule is O=C(c1nc2ccccc2[nH]1)N1CCC2(CC1)OCCc1sccc12. The molecule has 1 fully saturated rings. The number of para-hydroxylation sites is 2. The molecular formula is C19H19N3O2S. The summed E-state index contributed by atoms with van der Waals surface area (Å²) in [5, 5.41) is 2.16. The van der Waals surface area contributed by atoms with Gasteiger partial charge in [0, 0.05) is 24.4 Å². The molecule has 128 valence electrons. The molecule has 1 amide bonds. The van der Waals surface area contributed by atoms with Crippen LogP contribution in [0.15, 0.2) is 35.7 Å². The topological polar surface area (TPSA) is 58.2 Å². The summed E-state index contributed by atoms with van der Waals surface area (Å²) in [5.74, 6) is 0.408. The lowest BCUT2D eigenvalue weighted by molar-refractivity contribution is -0.0927. The maximum absolute atomic E-state index is 12.8. The van der Waals surface area contributed by atoms with Gasteiger partial charge in [-0.1, -0.05) is 12.1 Å². The Kier molecular flexibility index (Phi) is 3.43. The molecule has 1 aromatic carbocycles. The number of thiophene rings is 1. The van der Waals surface area contributed by atoms with E-state index in [9.17, 15) is 4.79 Å². The van der Waals surface area contributed by atoms with Crippen molar-refractivity contribution in [1.29, 1.82) is 0 Å². The molecule has 5 rings (SSSR count). The minimum absolute atomic E-state index is 0.0209. The molecule has 25 heavy (non-hydrogen) atoms. The van der Waals surface area contributed by atoms with Gasteiger partial charge >= 0.3 is 0 Å². The van der Waals surface area contributed by atoms with Crippen LogP contribution >= 0.6 is 11.3 Å². The van der Waals surface area contributed by atoms with Gasteiger partial charge in [-0.05, 0) is 42.0 Å². The highest BCUT2D eigenvalue weighted by Crippen LogP contribution is 2.43. The van der Waals surface area contributed by atoms with Crippen LogP contribution in [0.4, 0.5) is 0 Å². The molecule has 0 unspecified atom stereocenters. The van der Waals surface area contributed by atoms with Crippen LogP contribution in [-0.4, -0.2) is 40.5 Å². The largest absolute Gasteiger partial charge is 0.370 e. The van der Waals surface area contributed by atoms with Crippen LogP contribution in [0.2, 0.25) is 0 Å². The lowest BCUT2D eigenvalue weighted by Gasteiger charge is -2.43. The highest BCUT2D eigenvalue weighted by Gasteiger charge is 2.42. The molecule has 0 bridgehead atoms. The molecule has 0 aliphatic carbocycles. The Balaban J connectivity index is 1.36. The Morgan fingerprint density at radius 1 is 1.24 bits per heavy atom. The fourth-order valence-electron chi connectivity index (χ4n) is 4.05. The second-order valence-electron chi connectivity index (χ2n) is 6.74. The summed E-state index contributed by atoms with van der Waals surface area (Å²) in [7, 11) is 0. The van der Waals surface area contributed by atoms with Crippen molar-refractivity contribution in [3.8, 4) is 0 Å². The minimum Gasteiger partial charge on any atom is -0.370 e. The number of aromatic amines is 1. The number of imidazole rings is 1. The predicted octanol–water partition coefficient (Wildman–Crippen LogP) is 3.33. The van der Waals surface area contributed by atoms with Crippen molar-refractivity contribution in [2.75, 3.05) is 19.7 Å². The molecule has 1 spiro atoms. The average Bonchev–Trinajstić information content (AvgIpc) is 3.29. The molecule has 2 aliphatic heterocycles. The molecule has 0 radical (unpaired) electrons. The van der Waals surface area contributed by atoms with Gasteiger partial charge in [0.1, 0.15) is 0 Å². The summed E-state index contributed by atoms with van der Waals surface area (Å²) in [4.78, 5) is 23.8. The number of rotatable bonds is 1. The molecule has 0 atom stereocenters. The summed E-state index contributed by atoms with van der Waals surface area (Å²) >= 11 is 1.82. The minimum atomic E-state index is -0.196. The van der Waals surface area contributed by atoms with Gasteiger partial charge in [0.15, 0.2) is 5.82 Å². The Labute approximate surface area is 149 Å². The first-order chi connectivity index (χ1) is 12.3. The molecule has 6 heteroatoms. The van der Waals surface area contributed by atoms with Crippen LogP contribution in [0.3, 0.4) is 0 Å².